The number of para-hydroxylation sites is 4. The molecule has 8 aromatic carbocycles. The Morgan fingerprint density at radius 3 is 1.11 bits per heavy atom. The van der Waals surface area contributed by atoms with Gasteiger partial charge in [-0.25, -0.2) is 9.97 Å². The van der Waals surface area contributed by atoms with Crippen LogP contribution in [-0.4, -0.2) is 21.4 Å². The Kier molecular flexibility index (Phi) is 9.71. The van der Waals surface area contributed by atoms with Gasteiger partial charge in [-0.3, -0.25) is 10.0 Å². The fourth-order valence-corrected chi connectivity index (χ4v) is 9.16. The molecule has 0 N–H and O–H groups in total. The van der Waals surface area contributed by atoms with E-state index >= 15 is 0 Å². The van der Waals surface area contributed by atoms with Gasteiger partial charge in [-0.05, 0) is 120 Å². The van der Waals surface area contributed by atoms with Crippen LogP contribution in [0.15, 0.2) is 213 Å². The van der Waals surface area contributed by atoms with Crippen LogP contribution in [0.3, 0.4) is 0 Å². The lowest BCUT2D eigenvalue weighted by atomic mass is 9.95. The second-order valence-electron chi connectivity index (χ2n) is 17.3. The van der Waals surface area contributed by atoms with Crippen molar-refractivity contribution in [3.05, 3.63) is 228 Å². The molecule has 0 fully saturated rings. The van der Waals surface area contributed by atoms with Crippen LogP contribution in [0.5, 0.6) is 0 Å². The maximum absolute atomic E-state index is 6.07. The molecule has 10 aromatic rings. The summed E-state index contributed by atoms with van der Waals surface area (Å²) in [6.45, 7) is 4.25. The fraction of sp³-hybridized carbons (Fsp3) is 0.103. The molecule has 2 aliphatic heterocycles. The minimum absolute atomic E-state index is 0.0577. The monoisotopic (exact) mass is 856 g/mol. The zero-order valence-corrected chi connectivity index (χ0v) is 36.5. The smallest absolute Gasteiger partial charge is 0.227 e. The summed E-state index contributed by atoms with van der Waals surface area (Å²) in [5.41, 5.74) is 18.7. The second-order valence-corrected chi connectivity index (χ2v) is 17.3. The van der Waals surface area contributed by atoms with E-state index in [4.69, 9.17) is 29.0 Å². The van der Waals surface area contributed by atoms with Crippen molar-refractivity contribution in [1.82, 2.24) is 9.97 Å². The van der Waals surface area contributed by atoms with Crippen molar-refractivity contribution in [3.63, 3.8) is 0 Å². The van der Waals surface area contributed by atoms with Gasteiger partial charge in [0, 0.05) is 24.0 Å². The molecule has 2 atom stereocenters. The Labute approximate surface area is 382 Å². The molecular formula is C58H44N6O2. The molecular weight excluding hydrogens is 813 g/mol. The molecule has 4 heterocycles. The van der Waals surface area contributed by atoms with E-state index in [0.29, 0.717) is 11.8 Å². The predicted octanol–water partition coefficient (Wildman–Crippen LogP) is 14.3. The summed E-state index contributed by atoms with van der Waals surface area (Å²) in [5.74, 6) is 1.22. The first-order valence-electron chi connectivity index (χ1n) is 22.5. The van der Waals surface area contributed by atoms with Gasteiger partial charge in [0.25, 0.3) is 0 Å². The van der Waals surface area contributed by atoms with Gasteiger partial charge in [0.2, 0.25) is 11.8 Å². The number of aromatic nitrogens is 2. The number of fused-ring (bicyclic) bond motifs is 2. The van der Waals surface area contributed by atoms with Gasteiger partial charge in [0.05, 0.1) is 34.9 Å². The molecule has 0 radical (unpaired) electrons. The van der Waals surface area contributed by atoms with E-state index in [1.165, 1.54) is 22.3 Å². The van der Waals surface area contributed by atoms with Crippen LogP contribution < -0.4 is 10.0 Å². The predicted molar refractivity (Wildman–Crippen MR) is 266 cm³/mol. The van der Waals surface area contributed by atoms with E-state index in [1.54, 1.807) is 0 Å². The quantitative estimate of drug-likeness (QED) is 0.144. The number of rotatable bonds is 9. The average molecular weight is 857 g/mol. The van der Waals surface area contributed by atoms with E-state index in [2.05, 4.69) is 169 Å². The summed E-state index contributed by atoms with van der Waals surface area (Å²) in [6.07, 6.45) is 1.57. The van der Waals surface area contributed by atoms with Crippen LogP contribution >= 0.6 is 0 Å². The number of oxazole rings is 2. The zero-order valence-electron chi connectivity index (χ0n) is 36.5. The third-order valence-electron chi connectivity index (χ3n) is 12.9. The molecule has 0 amide bonds. The van der Waals surface area contributed by atoms with Gasteiger partial charge < -0.3 is 8.83 Å². The summed E-state index contributed by atoms with van der Waals surface area (Å²) >= 11 is 0. The summed E-state index contributed by atoms with van der Waals surface area (Å²) in [4.78, 5) is 9.42. The zero-order chi connectivity index (χ0) is 44.1. The first-order valence-corrected chi connectivity index (χ1v) is 22.5. The van der Waals surface area contributed by atoms with Crippen LogP contribution in [0.25, 0.3) is 56.2 Å². The van der Waals surface area contributed by atoms with E-state index in [0.717, 1.165) is 91.2 Å². The van der Waals surface area contributed by atoms with Gasteiger partial charge in [-0.1, -0.05) is 132 Å². The maximum Gasteiger partial charge on any atom is 0.227 e. The molecule has 12 rings (SSSR count). The lowest BCUT2D eigenvalue weighted by molar-refractivity contribution is 0.619. The summed E-state index contributed by atoms with van der Waals surface area (Å²) in [7, 11) is 0. The second kappa shape index (κ2) is 16.3. The number of benzene rings is 8. The van der Waals surface area contributed by atoms with Crippen LogP contribution in [-0.2, 0) is 0 Å². The normalized spacial score (nSPS) is 16.0. The third-order valence-corrected chi connectivity index (χ3v) is 12.9. The SMILES string of the molecule is Cc1ccc(C2CC(c3ccc(-c4ccc(C5=NN(c6ccc(-c7nc8ccccc8o7)cc6)C(c6ccc(C)cc6)C5)cc4)cc3)=NN2c2ccc(-c3nc4ccccc4o3)cc2)cc1. The maximum atomic E-state index is 6.07. The van der Waals surface area contributed by atoms with Crippen LogP contribution in [0.2, 0.25) is 0 Å². The first-order chi connectivity index (χ1) is 32.5. The molecule has 2 unspecified atom stereocenters. The van der Waals surface area contributed by atoms with Gasteiger partial charge in [-0.2, -0.15) is 10.2 Å². The minimum atomic E-state index is 0.0577. The molecule has 2 aliphatic rings. The van der Waals surface area contributed by atoms with Crippen molar-refractivity contribution >= 4 is 45.0 Å². The first kappa shape index (κ1) is 39.2. The van der Waals surface area contributed by atoms with Crippen molar-refractivity contribution in [2.24, 2.45) is 10.2 Å². The Morgan fingerprint density at radius 2 is 0.727 bits per heavy atom. The highest BCUT2D eigenvalue weighted by atomic mass is 16.4. The van der Waals surface area contributed by atoms with Crippen LogP contribution in [0, 0.1) is 13.8 Å². The highest BCUT2D eigenvalue weighted by molar-refractivity contribution is 6.04. The van der Waals surface area contributed by atoms with Crippen LogP contribution in [0.1, 0.15) is 58.3 Å². The number of aryl methyl sites for hydroxylation is 2. The molecule has 8 nitrogen and oxygen atoms in total. The largest absolute Gasteiger partial charge is 0.436 e. The Morgan fingerprint density at radius 1 is 0.379 bits per heavy atom. The topological polar surface area (TPSA) is 83.3 Å². The van der Waals surface area contributed by atoms with Gasteiger partial charge in [0.15, 0.2) is 11.2 Å². The van der Waals surface area contributed by atoms with E-state index in [1.807, 2.05) is 48.5 Å². The lowest BCUT2D eigenvalue weighted by Crippen LogP contribution is -2.18. The highest BCUT2D eigenvalue weighted by Gasteiger charge is 2.32. The molecule has 318 valence electrons. The fourth-order valence-electron chi connectivity index (χ4n) is 9.16. The van der Waals surface area contributed by atoms with Gasteiger partial charge in [-0.15, -0.1) is 0 Å². The number of anilines is 2. The lowest BCUT2D eigenvalue weighted by Gasteiger charge is -2.24. The summed E-state index contributed by atoms with van der Waals surface area (Å²) < 4.78 is 12.1. The molecule has 0 aliphatic carbocycles. The number of hydrogen-bond acceptors (Lipinski definition) is 8. The van der Waals surface area contributed by atoms with Crippen molar-refractivity contribution in [2.45, 2.75) is 38.8 Å². The number of hydrogen-bond donors (Lipinski definition) is 0. The Balaban J connectivity index is 0.790. The molecule has 0 spiro atoms. The third kappa shape index (κ3) is 7.42. The van der Waals surface area contributed by atoms with Gasteiger partial charge in [0.1, 0.15) is 11.0 Å². The standard InChI is InChI=1S/C58H44N6O2/c1-37-11-15-43(16-12-37)53-35-51(61-63(53)47-31-27-45(28-32-47)57-59-49-7-3-5-9-55(49)65-57)41-23-19-39(20-24-41)40-21-25-42(26-22-40)52-36-54(44-17-13-38(2)14-18-44)64(62-52)48-33-29-46(30-34-48)58-60-50-8-4-6-10-56(50)66-58/h3-34,53-54H,35-36H2,1-2H3. The number of hydrazone groups is 2. The van der Waals surface area contributed by atoms with Crippen molar-refractivity contribution in [3.8, 4) is 34.0 Å². The van der Waals surface area contributed by atoms with E-state index in [-0.39, 0.29) is 12.1 Å². The van der Waals surface area contributed by atoms with Crippen molar-refractivity contribution in [2.75, 3.05) is 10.0 Å². The van der Waals surface area contributed by atoms with Gasteiger partial charge >= 0.3 is 0 Å². The van der Waals surface area contributed by atoms with E-state index in [9.17, 15) is 0 Å². The summed E-state index contributed by atoms with van der Waals surface area (Å²) in [5, 5.41) is 14.9. The Bertz CT molecular complexity index is 3130. The van der Waals surface area contributed by atoms with Crippen LogP contribution in [0.4, 0.5) is 11.4 Å². The Hall–Kier alpha value is -8.36. The van der Waals surface area contributed by atoms with E-state index < -0.39 is 0 Å². The average Bonchev–Trinajstić information content (AvgIpc) is 4.20. The highest BCUT2D eigenvalue weighted by Crippen LogP contribution is 2.40. The molecule has 0 saturated carbocycles. The minimum Gasteiger partial charge on any atom is -0.436 e. The molecule has 0 saturated heterocycles. The molecule has 66 heavy (non-hydrogen) atoms. The number of nitrogens with zero attached hydrogens (tertiary/aromatic N) is 6. The van der Waals surface area contributed by atoms with Crippen molar-refractivity contribution in [1.29, 1.82) is 0 Å². The molecule has 0 bridgehead atoms. The summed E-state index contributed by atoms with van der Waals surface area (Å²) in [6, 6.07) is 67.8. The molecule has 2 aromatic heterocycles. The molecule has 8 heteroatoms. The van der Waals surface area contributed by atoms with Crippen molar-refractivity contribution < 1.29 is 8.83 Å².